The second-order valence-corrected chi connectivity index (χ2v) is 4.66. The molecule has 4 heteroatoms. The van der Waals surface area contributed by atoms with Gasteiger partial charge >= 0.3 is 11.9 Å². The lowest BCUT2D eigenvalue weighted by atomic mass is 10.1. The molecule has 1 aromatic carbocycles. The normalized spacial score (nSPS) is 8.50. The number of aliphatic carboxylic acids is 2. The molecule has 0 amide bonds. The van der Waals surface area contributed by atoms with E-state index in [2.05, 4.69) is 19.7 Å². The molecular formula is C18H24O4. The first-order chi connectivity index (χ1) is 10.2. The molecule has 0 aliphatic rings. The van der Waals surface area contributed by atoms with Crippen LogP contribution in [0.25, 0.3) is 6.08 Å². The highest BCUT2D eigenvalue weighted by Crippen LogP contribution is 2.07. The van der Waals surface area contributed by atoms with E-state index in [1.807, 2.05) is 50.3 Å². The van der Waals surface area contributed by atoms with Gasteiger partial charge in [0.1, 0.15) is 0 Å². The molecule has 0 heterocycles. The van der Waals surface area contributed by atoms with E-state index in [9.17, 15) is 9.59 Å². The standard InChI is InChI=1S/C8H8.C7H12O2.C3H4O2/c1-2-8-6-4-3-5-7-8;1-5(2)4-6(3)7(8)9;1-2-3(4)5/h2-7H,1H2;5H,3-4H2,1-2H3,(H,8,9);2H,1H2,(H,4,5). The van der Waals surface area contributed by atoms with E-state index in [1.165, 1.54) is 5.56 Å². The lowest BCUT2D eigenvalue weighted by molar-refractivity contribution is -0.133. The Bertz CT molecular complexity index is 487. The van der Waals surface area contributed by atoms with Gasteiger partial charge in [0.2, 0.25) is 0 Å². The highest BCUT2D eigenvalue weighted by atomic mass is 16.4. The predicted molar refractivity (Wildman–Crippen MR) is 90.6 cm³/mol. The van der Waals surface area contributed by atoms with Crippen LogP contribution in [-0.4, -0.2) is 22.2 Å². The van der Waals surface area contributed by atoms with E-state index in [4.69, 9.17) is 10.2 Å². The average molecular weight is 304 g/mol. The molecule has 0 saturated carbocycles. The average Bonchev–Trinajstić information content (AvgIpc) is 2.48. The van der Waals surface area contributed by atoms with Gasteiger partial charge in [0, 0.05) is 11.6 Å². The van der Waals surface area contributed by atoms with E-state index in [0.29, 0.717) is 17.9 Å². The number of carboxylic acids is 2. The van der Waals surface area contributed by atoms with Crippen molar-refractivity contribution in [3.8, 4) is 0 Å². The summed E-state index contributed by atoms with van der Waals surface area (Å²) in [6.07, 6.45) is 3.25. The van der Waals surface area contributed by atoms with Gasteiger partial charge < -0.3 is 10.2 Å². The Hall–Kier alpha value is -2.62. The van der Waals surface area contributed by atoms with Crippen LogP contribution in [0.4, 0.5) is 0 Å². The molecule has 1 rings (SSSR count). The summed E-state index contributed by atoms with van der Waals surface area (Å²) < 4.78 is 0. The van der Waals surface area contributed by atoms with Crippen molar-refractivity contribution in [3.63, 3.8) is 0 Å². The molecule has 2 N–H and O–H groups in total. The number of rotatable bonds is 5. The van der Waals surface area contributed by atoms with Gasteiger partial charge in [-0.25, -0.2) is 9.59 Å². The molecule has 0 bridgehead atoms. The highest BCUT2D eigenvalue weighted by Gasteiger charge is 2.04. The third kappa shape index (κ3) is 15.4. The van der Waals surface area contributed by atoms with Gasteiger partial charge in [-0.05, 0) is 17.9 Å². The van der Waals surface area contributed by atoms with Crippen LogP contribution in [0.3, 0.4) is 0 Å². The fourth-order valence-corrected chi connectivity index (χ4v) is 1.17. The third-order valence-corrected chi connectivity index (χ3v) is 2.17. The summed E-state index contributed by atoms with van der Waals surface area (Å²) in [7, 11) is 0. The van der Waals surface area contributed by atoms with E-state index in [1.54, 1.807) is 0 Å². The maximum absolute atomic E-state index is 10.1. The van der Waals surface area contributed by atoms with Crippen molar-refractivity contribution < 1.29 is 19.8 Å². The molecule has 0 spiro atoms. The zero-order valence-corrected chi connectivity index (χ0v) is 13.2. The summed E-state index contributed by atoms with van der Waals surface area (Å²) in [5.74, 6) is -1.48. The second-order valence-electron chi connectivity index (χ2n) is 4.66. The molecule has 120 valence electrons. The smallest absolute Gasteiger partial charge is 0.330 e. The van der Waals surface area contributed by atoms with Gasteiger partial charge in [-0.3, -0.25) is 0 Å². The second kappa shape index (κ2) is 13.4. The van der Waals surface area contributed by atoms with Crippen molar-refractivity contribution in [2.24, 2.45) is 5.92 Å². The molecule has 0 atom stereocenters. The summed E-state index contributed by atoms with van der Waals surface area (Å²) in [6, 6.07) is 10.0. The van der Waals surface area contributed by atoms with Crippen LogP contribution in [-0.2, 0) is 9.59 Å². The van der Waals surface area contributed by atoms with Crippen LogP contribution in [0.15, 0.2) is 61.7 Å². The Morgan fingerprint density at radius 3 is 1.77 bits per heavy atom. The lowest BCUT2D eigenvalue weighted by Gasteiger charge is -2.01. The van der Waals surface area contributed by atoms with Gasteiger partial charge in [0.25, 0.3) is 0 Å². The van der Waals surface area contributed by atoms with Crippen LogP contribution in [0.2, 0.25) is 0 Å². The summed E-state index contributed by atoms with van der Waals surface area (Å²) in [6.45, 7) is 13.9. The van der Waals surface area contributed by atoms with Crippen LogP contribution >= 0.6 is 0 Å². The van der Waals surface area contributed by atoms with Crippen LogP contribution < -0.4 is 0 Å². The van der Waals surface area contributed by atoms with Gasteiger partial charge in [-0.1, -0.05) is 70.0 Å². The molecule has 0 saturated heterocycles. The maximum atomic E-state index is 10.1. The quantitative estimate of drug-likeness (QED) is 0.797. The first-order valence-corrected chi connectivity index (χ1v) is 6.68. The minimum absolute atomic E-state index is 0.296. The van der Waals surface area contributed by atoms with Crippen molar-refractivity contribution in [1.82, 2.24) is 0 Å². The zero-order chi connectivity index (χ0) is 17.5. The fourth-order valence-electron chi connectivity index (χ4n) is 1.17. The molecule has 0 aliphatic carbocycles. The monoisotopic (exact) mass is 304 g/mol. The van der Waals surface area contributed by atoms with Crippen molar-refractivity contribution in [1.29, 1.82) is 0 Å². The van der Waals surface area contributed by atoms with E-state index in [-0.39, 0.29) is 0 Å². The van der Waals surface area contributed by atoms with E-state index < -0.39 is 11.9 Å². The molecule has 0 aromatic heterocycles. The number of hydrogen-bond acceptors (Lipinski definition) is 2. The SMILES string of the molecule is C=C(CC(C)C)C(=O)O.C=CC(=O)O.C=Cc1ccccc1. The van der Waals surface area contributed by atoms with E-state index >= 15 is 0 Å². The molecular weight excluding hydrogens is 280 g/mol. The Morgan fingerprint density at radius 2 is 1.59 bits per heavy atom. The minimum atomic E-state index is -0.981. The summed E-state index contributed by atoms with van der Waals surface area (Å²) >= 11 is 0. The Labute approximate surface area is 132 Å². The minimum Gasteiger partial charge on any atom is -0.478 e. The highest BCUT2D eigenvalue weighted by molar-refractivity contribution is 5.85. The van der Waals surface area contributed by atoms with Gasteiger partial charge in [-0.15, -0.1) is 0 Å². The van der Waals surface area contributed by atoms with Crippen molar-refractivity contribution in [2.75, 3.05) is 0 Å². The molecule has 4 nitrogen and oxygen atoms in total. The summed E-state index contributed by atoms with van der Waals surface area (Å²) in [5, 5.41) is 15.9. The zero-order valence-electron chi connectivity index (χ0n) is 13.2. The van der Waals surface area contributed by atoms with E-state index in [0.717, 1.165) is 6.08 Å². The number of benzene rings is 1. The number of carboxylic acid groups (broad SMARTS) is 2. The lowest BCUT2D eigenvalue weighted by Crippen LogP contribution is -2.01. The molecule has 0 fully saturated rings. The molecule has 22 heavy (non-hydrogen) atoms. The number of hydrogen-bond donors (Lipinski definition) is 2. The van der Waals surface area contributed by atoms with Crippen LogP contribution in [0, 0.1) is 5.92 Å². The largest absolute Gasteiger partial charge is 0.478 e. The van der Waals surface area contributed by atoms with Gasteiger partial charge in [-0.2, -0.15) is 0 Å². The first-order valence-electron chi connectivity index (χ1n) is 6.68. The Kier molecular flexibility index (Phi) is 13.2. The van der Waals surface area contributed by atoms with Crippen molar-refractivity contribution in [2.45, 2.75) is 20.3 Å². The molecule has 0 aliphatic heterocycles. The summed E-state index contributed by atoms with van der Waals surface area (Å²) in [5.41, 5.74) is 1.47. The van der Waals surface area contributed by atoms with Gasteiger partial charge in [0.05, 0.1) is 0 Å². The topological polar surface area (TPSA) is 74.6 Å². The van der Waals surface area contributed by atoms with Crippen molar-refractivity contribution in [3.05, 3.63) is 67.3 Å². The maximum Gasteiger partial charge on any atom is 0.330 e. The Balaban J connectivity index is 0. The van der Waals surface area contributed by atoms with Crippen molar-refractivity contribution >= 4 is 18.0 Å². The molecule has 0 unspecified atom stereocenters. The molecule has 1 aromatic rings. The predicted octanol–water partition coefficient (Wildman–Crippen LogP) is 4.26. The van der Waals surface area contributed by atoms with Gasteiger partial charge in [0.15, 0.2) is 0 Å². The summed E-state index contributed by atoms with van der Waals surface area (Å²) in [4.78, 5) is 19.4. The third-order valence-electron chi connectivity index (χ3n) is 2.17. The molecule has 0 radical (unpaired) electrons. The first kappa shape index (κ1) is 21.7. The Morgan fingerprint density at radius 1 is 1.14 bits per heavy atom. The fraction of sp³-hybridized carbons (Fsp3) is 0.222. The van der Waals surface area contributed by atoms with Crippen LogP contribution in [0.1, 0.15) is 25.8 Å². The number of carbonyl (C=O) groups is 2. The van der Waals surface area contributed by atoms with Crippen LogP contribution in [0.5, 0.6) is 0 Å².